The number of nitriles is 2. The van der Waals surface area contributed by atoms with Gasteiger partial charge in [-0.15, -0.1) is 0 Å². The molecule has 10 heteroatoms. The van der Waals surface area contributed by atoms with Gasteiger partial charge in [-0.1, -0.05) is 0 Å². The van der Waals surface area contributed by atoms with E-state index in [2.05, 4.69) is 9.69 Å². The number of carbonyl (C=O) groups excluding carboxylic acids is 4. The van der Waals surface area contributed by atoms with E-state index in [-0.39, 0.29) is 46.1 Å². The van der Waals surface area contributed by atoms with Crippen LogP contribution in [0.1, 0.15) is 66.4 Å². The fourth-order valence-electron chi connectivity index (χ4n) is 4.31. The molecule has 4 amide bonds. The minimum absolute atomic E-state index is 0.0961. The van der Waals surface area contributed by atoms with Crippen LogP contribution >= 0.6 is 0 Å². The molecule has 0 bridgehead atoms. The second-order valence-electron chi connectivity index (χ2n) is 6.85. The molecule has 2 aliphatic rings. The molecule has 2 aliphatic heterocycles. The van der Waals surface area contributed by atoms with Gasteiger partial charge in [0, 0.05) is 24.2 Å². The van der Waals surface area contributed by atoms with E-state index in [1.165, 1.54) is 13.8 Å². The van der Waals surface area contributed by atoms with Gasteiger partial charge in [-0.2, -0.15) is 10.5 Å². The van der Waals surface area contributed by atoms with Crippen LogP contribution < -0.4 is 0 Å². The second kappa shape index (κ2) is 6.74. The Labute approximate surface area is 181 Å². The Bertz CT molecular complexity index is 1300. The van der Waals surface area contributed by atoms with E-state index in [1.54, 1.807) is 12.1 Å². The molecule has 0 aromatic heterocycles. The highest BCUT2D eigenvalue weighted by atomic mass is 16.2. The van der Waals surface area contributed by atoms with Crippen molar-refractivity contribution in [2.24, 2.45) is 0 Å². The van der Waals surface area contributed by atoms with Gasteiger partial charge in [0.1, 0.15) is 12.1 Å². The molecule has 4 rings (SSSR count). The molecule has 0 radical (unpaired) electrons. The zero-order chi connectivity index (χ0) is 23.5. The van der Waals surface area contributed by atoms with Gasteiger partial charge in [0.2, 0.25) is 23.2 Å². The average molecular weight is 422 g/mol. The molecule has 10 nitrogen and oxygen atoms in total. The lowest BCUT2D eigenvalue weighted by molar-refractivity contribution is 0.0598. The largest absolute Gasteiger partial charge is 0.276 e. The van der Waals surface area contributed by atoms with Gasteiger partial charge >= 0.3 is 0 Å². The zero-order valence-electron chi connectivity index (χ0n) is 16.7. The van der Waals surface area contributed by atoms with E-state index in [0.29, 0.717) is 0 Å². The number of imide groups is 2. The van der Waals surface area contributed by atoms with Crippen molar-refractivity contribution in [3.63, 3.8) is 0 Å². The minimum atomic E-state index is -0.875. The first kappa shape index (κ1) is 20.2. The fourth-order valence-corrected chi connectivity index (χ4v) is 4.31. The highest BCUT2D eigenvalue weighted by molar-refractivity contribution is 6.38. The minimum Gasteiger partial charge on any atom is -0.276 e. The van der Waals surface area contributed by atoms with Crippen LogP contribution in [0, 0.1) is 35.8 Å². The van der Waals surface area contributed by atoms with Crippen molar-refractivity contribution in [1.29, 1.82) is 10.5 Å². The Balaban J connectivity index is 2.49. The predicted octanol–water partition coefficient (Wildman–Crippen LogP) is 2.92. The van der Waals surface area contributed by atoms with Crippen molar-refractivity contribution >= 4 is 45.8 Å². The Hall–Kier alpha value is -5.06. The van der Waals surface area contributed by atoms with Gasteiger partial charge in [-0.25, -0.2) is 9.69 Å². The highest BCUT2D eigenvalue weighted by Crippen LogP contribution is 2.50. The van der Waals surface area contributed by atoms with E-state index in [4.69, 9.17) is 13.1 Å². The molecule has 2 heterocycles. The summed E-state index contributed by atoms with van der Waals surface area (Å²) in [6.45, 7) is 18.0. The second-order valence-corrected chi connectivity index (χ2v) is 6.85. The molecule has 0 aliphatic carbocycles. The molecule has 2 aromatic carbocycles. The van der Waals surface area contributed by atoms with Crippen molar-refractivity contribution in [3.8, 4) is 12.1 Å². The van der Waals surface area contributed by atoms with Crippen LogP contribution in [0.3, 0.4) is 0 Å². The van der Waals surface area contributed by atoms with Crippen molar-refractivity contribution in [2.75, 3.05) is 13.1 Å². The first-order valence-electron chi connectivity index (χ1n) is 9.35. The van der Waals surface area contributed by atoms with E-state index in [0.717, 1.165) is 9.80 Å². The standard InChI is InChI=1S/C22H10N6O4/c1-5-27-19(29)11-9(7-23)10(8-24)12-14-13(11)15(21(27)31)17(25-3)18(26-4)16(14)22(32)28(6-2)20(12)30/h5-6H2,1-2H3. The van der Waals surface area contributed by atoms with Gasteiger partial charge in [0.25, 0.3) is 11.8 Å². The number of benzene rings is 2. The molecular formula is C22H10N6O4. The fraction of sp³-hybridized carbons (Fsp3) is 0.182. The summed E-state index contributed by atoms with van der Waals surface area (Å²) in [7, 11) is 0. The maximum Gasteiger partial charge on any atom is 0.262 e. The Morgan fingerprint density at radius 2 is 1.00 bits per heavy atom. The third kappa shape index (κ3) is 2.08. The van der Waals surface area contributed by atoms with Crippen LogP contribution in [0.5, 0.6) is 0 Å². The molecule has 0 fully saturated rings. The number of hydrogen-bond acceptors (Lipinski definition) is 6. The molecule has 0 atom stereocenters. The summed E-state index contributed by atoms with van der Waals surface area (Å²) in [5, 5.41) is 19.2. The molecule has 0 spiro atoms. The monoisotopic (exact) mass is 422 g/mol. The summed E-state index contributed by atoms with van der Waals surface area (Å²) < 4.78 is 0. The van der Waals surface area contributed by atoms with Gasteiger partial charge in [-0.05, 0) is 24.6 Å². The van der Waals surface area contributed by atoms with Crippen molar-refractivity contribution in [3.05, 3.63) is 56.2 Å². The van der Waals surface area contributed by atoms with Gasteiger partial charge in [-0.3, -0.25) is 29.0 Å². The average Bonchev–Trinajstić information content (AvgIpc) is 2.79. The summed E-state index contributed by atoms with van der Waals surface area (Å²) >= 11 is 0. The van der Waals surface area contributed by atoms with Crippen LogP contribution in [-0.4, -0.2) is 46.5 Å². The number of nitrogens with zero attached hydrogens (tertiary/aromatic N) is 6. The summed E-state index contributed by atoms with van der Waals surface area (Å²) in [5.41, 5.74) is -2.99. The molecule has 0 saturated carbocycles. The molecule has 152 valence electrons. The first-order chi connectivity index (χ1) is 15.3. The molecule has 2 aromatic rings. The van der Waals surface area contributed by atoms with Crippen LogP contribution in [0.4, 0.5) is 11.4 Å². The Kier molecular flexibility index (Phi) is 4.26. The first-order valence-corrected chi connectivity index (χ1v) is 9.35. The normalized spacial score (nSPS) is 14.2. The van der Waals surface area contributed by atoms with E-state index >= 15 is 0 Å². The van der Waals surface area contributed by atoms with Crippen LogP contribution in [0.25, 0.3) is 20.5 Å². The van der Waals surface area contributed by atoms with Crippen LogP contribution in [-0.2, 0) is 0 Å². The number of carbonyl (C=O) groups is 4. The third-order valence-corrected chi connectivity index (χ3v) is 5.61. The summed E-state index contributed by atoms with van der Waals surface area (Å²) in [6.07, 6.45) is 0. The Morgan fingerprint density at radius 3 is 1.25 bits per heavy atom. The van der Waals surface area contributed by atoms with E-state index in [9.17, 15) is 29.7 Å². The van der Waals surface area contributed by atoms with Crippen molar-refractivity contribution in [1.82, 2.24) is 9.80 Å². The maximum absolute atomic E-state index is 13.2. The molecule has 32 heavy (non-hydrogen) atoms. The lowest BCUT2D eigenvalue weighted by Gasteiger charge is -2.33. The topological polar surface area (TPSA) is 131 Å². The Morgan fingerprint density at radius 1 is 0.688 bits per heavy atom. The summed E-state index contributed by atoms with van der Waals surface area (Å²) in [5.74, 6) is -3.49. The molecule has 0 saturated heterocycles. The van der Waals surface area contributed by atoms with Crippen LogP contribution in [0.2, 0.25) is 0 Å². The molecule has 0 N–H and O–H groups in total. The zero-order valence-corrected chi connectivity index (χ0v) is 16.7. The highest BCUT2D eigenvalue weighted by Gasteiger charge is 2.45. The number of hydrogen-bond donors (Lipinski definition) is 0. The third-order valence-electron chi connectivity index (χ3n) is 5.61. The van der Waals surface area contributed by atoms with E-state index < -0.39 is 46.1 Å². The quantitative estimate of drug-likeness (QED) is 0.540. The molecule has 0 unspecified atom stereocenters. The summed E-state index contributed by atoms with van der Waals surface area (Å²) in [4.78, 5) is 61.0. The predicted molar refractivity (Wildman–Crippen MR) is 108 cm³/mol. The number of amides is 4. The smallest absolute Gasteiger partial charge is 0.262 e. The van der Waals surface area contributed by atoms with Crippen molar-refractivity contribution < 1.29 is 19.2 Å². The maximum atomic E-state index is 13.2. The van der Waals surface area contributed by atoms with Crippen LogP contribution in [0.15, 0.2) is 0 Å². The lowest BCUT2D eigenvalue weighted by atomic mass is 9.79. The SMILES string of the molecule is [C-]#[N+]c1c([N+]#[C-])c2c3c(c(C#N)c(C#N)c4c3c1C(=O)N(CC)C4=O)C(=O)N(CC)C2=O. The van der Waals surface area contributed by atoms with Gasteiger partial charge < -0.3 is 0 Å². The lowest BCUT2D eigenvalue weighted by Crippen LogP contribution is -2.44. The number of rotatable bonds is 2. The van der Waals surface area contributed by atoms with Gasteiger partial charge in [0.15, 0.2) is 0 Å². The molecular weight excluding hydrogens is 412 g/mol. The van der Waals surface area contributed by atoms with Crippen molar-refractivity contribution in [2.45, 2.75) is 13.8 Å². The van der Waals surface area contributed by atoms with E-state index in [1.807, 2.05) is 0 Å². The summed E-state index contributed by atoms with van der Waals surface area (Å²) in [6, 6.07) is 3.57. The van der Waals surface area contributed by atoms with Gasteiger partial charge in [0.05, 0.1) is 35.4 Å².